The highest BCUT2D eigenvalue weighted by molar-refractivity contribution is 9.10. The fourth-order valence-corrected chi connectivity index (χ4v) is 2.77. The van der Waals surface area contributed by atoms with Gasteiger partial charge in [-0.05, 0) is 28.9 Å². The average molecular weight is 362 g/mol. The van der Waals surface area contributed by atoms with E-state index in [2.05, 4.69) is 15.9 Å². The molecule has 0 saturated heterocycles. The van der Waals surface area contributed by atoms with Gasteiger partial charge in [0.05, 0.1) is 11.1 Å². The van der Waals surface area contributed by atoms with Gasteiger partial charge in [-0.2, -0.15) is 0 Å². The third kappa shape index (κ3) is 4.08. The first-order valence-corrected chi connectivity index (χ1v) is 7.95. The van der Waals surface area contributed by atoms with Crippen LogP contribution in [0, 0.1) is 5.82 Å². The summed E-state index contributed by atoms with van der Waals surface area (Å²) in [5.41, 5.74) is 0. The lowest BCUT2D eigenvalue weighted by atomic mass is 10.3. The minimum Gasteiger partial charge on any atom is -0.487 e. The molecule has 1 unspecified atom stereocenters. The molecule has 0 aliphatic heterocycles. The Kier molecular flexibility index (Phi) is 5.39. The summed E-state index contributed by atoms with van der Waals surface area (Å²) >= 11 is 3.10. The lowest BCUT2D eigenvalue weighted by molar-refractivity contribution is 0.0913. The van der Waals surface area contributed by atoms with Crippen LogP contribution in [0.15, 0.2) is 21.5 Å². The second kappa shape index (κ2) is 6.18. The highest BCUT2D eigenvalue weighted by Crippen LogP contribution is 2.32. The van der Waals surface area contributed by atoms with Crippen molar-refractivity contribution in [2.24, 2.45) is 0 Å². The molecular formula is C10H11BrClFO4S. The normalized spacial score (nSPS) is 13.4. The number of ether oxygens (including phenoxy) is 2. The van der Waals surface area contributed by atoms with Crippen molar-refractivity contribution in [2.75, 3.05) is 13.7 Å². The third-order valence-electron chi connectivity index (χ3n) is 1.98. The predicted molar refractivity (Wildman–Crippen MR) is 69.1 cm³/mol. The highest BCUT2D eigenvalue weighted by atomic mass is 79.9. The summed E-state index contributed by atoms with van der Waals surface area (Å²) in [6.07, 6.45) is -0.302. The van der Waals surface area contributed by atoms with Crippen LogP contribution in [0.4, 0.5) is 4.39 Å². The average Bonchev–Trinajstić information content (AvgIpc) is 2.21. The molecule has 1 rings (SSSR count). The fraction of sp³-hybridized carbons (Fsp3) is 0.400. The third-order valence-corrected chi connectivity index (χ3v) is 3.94. The molecule has 0 N–H and O–H groups in total. The molecule has 18 heavy (non-hydrogen) atoms. The number of benzene rings is 1. The van der Waals surface area contributed by atoms with Crippen molar-refractivity contribution in [1.82, 2.24) is 0 Å². The summed E-state index contributed by atoms with van der Waals surface area (Å²) in [5, 5.41) is 0. The summed E-state index contributed by atoms with van der Waals surface area (Å²) in [6.45, 7) is 2.06. The molecule has 1 atom stereocenters. The van der Waals surface area contributed by atoms with Crippen LogP contribution in [0.2, 0.25) is 0 Å². The van der Waals surface area contributed by atoms with E-state index in [-0.39, 0.29) is 11.9 Å². The van der Waals surface area contributed by atoms with Crippen LogP contribution in [-0.4, -0.2) is 28.2 Å². The molecule has 0 heterocycles. The summed E-state index contributed by atoms with van der Waals surface area (Å²) in [4.78, 5) is -0.595. The largest absolute Gasteiger partial charge is 0.487 e. The standard InChI is InChI=1S/C10H11BrClFO4S/c1-6(5-16-2)17-9-4-8(13)10(3-7(9)11)18(12,14)15/h3-4,6H,5H2,1-2H3. The molecule has 0 spiro atoms. The molecule has 0 aliphatic rings. The smallest absolute Gasteiger partial charge is 0.264 e. The van der Waals surface area contributed by atoms with Crippen molar-refractivity contribution in [3.05, 3.63) is 22.4 Å². The van der Waals surface area contributed by atoms with Gasteiger partial charge in [-0.15, -0.1) is 0 Å². The lowest BCUT2D eigenvalue weighted by Gasteiger charge is -2.15. The number of hydrogen-bond acceptors (Lipinski definition) is 4. The molecule has 0 fully saturated rings. The maximum Gasteiger partial charge on any atom is 0.264 e. The van der Waals surface area contributed by atoms with Crippen molar-refractivity contribution in [2.45, 2.75) is 17.9 Å². The van der Waals surface area contributed by atoms with Gasteiger partial charge >= 0.3 is 0 Å². The van der Waals surface area contributed by atoms with E-state index in [0.717, 1.165) is 12.1 Å². The van der Waals surface area contributed by atoms with Crippen molar-refractivity contribution < 1.29 is 22.3 Å². The van der Waals surface area contributed by atoms with E-state index in [1.165, 1.54) is 7.11 Å². The van der Waals surface area contributed by atoms with E-state index in [4.69, 9.17) is 20.2 Å². The van der Waals surface area contributed by atoms with E-state index in [1.807, 2.05) is 0 Å². The van der Waals surface area contributed by atoms with Crippen molar-refractivity contribution in [3.8, 4) is 5.75 Å². The first kappa shape index (κ1) is 15.7. The van der Waals surface area contributed by atoms with E-state index < -0.39 is 19.8 Å². The van der Waals surface area contributed by atoms with Crippen molar-refractivity contribution >= 4 is 35.7 Å². The predicted octanol–water partition coefficient (Wildman–Crippen LogP) is 2.93. The van der Waals surface area contributed by atoms with Gasteiger partial charge < -0.3 is 9.47 Å². The van der Waals surface area contributed by atoms with Crippen LogP contribution in [-0.2, 0) is 13.8 Å². The molecule has 0 bridgehead atoms. The van der Waals surface area contributed by atoms with Crippen LogP contribution in [0.5, 0.6) is 5.75 Å². The number of halogens is 3. The Morgan fingerprint density at radius 1 is 1.50 bits per heavy atom. The first-order chi connectivity index (χ1) is 8.25. The second-order valence-corrected chi connectivity index (χ2v) is 6.92. The Bertz CT molecular complexity index is 535. The van der Waals surface area contributed by atoms with Crippen molar-refractivity contribution in [3.63, 3.8) is 0 Å². The molecule has 8 heteroatoms. The van der Waals surface area contributed by atoms with Gasteiger partial charge in [-0.25, -0.2) is 12.8 Å². The van der Waals surface area contributed by atoms with Crippen LogP contribution >= 0.6 is 26.6 Å². The molecule has 0 amide bonds. The molecule has 4 nitrogen and oxygen atoms in total. The maximum atomic E-state index is 13.6. The monoisotopic (exact) mass is 360 g/mol. The van der Waals surface area contributed by atoms with E-state index in [0.29, 0.717) is 11.1 Å². The van der Waals surface area contributed by atoms with Gasteiger partial charge in [0, 0.05) is 23.9 Å². The number of methoxy groups -OCH3 is 1. The SMILES string of the molecule is COCC(C)Oc1cc(F)c(S(=O)(=O)Cl)cc1Br. The minimum atomic E-state index is -4.12. The number of hydrogen-bond donors (Lipinski definition) is 0. The van der Waals surface area contributed by atoms with Crippen molar-refractivity contribution in [1.29, 1.82) is 0 Å². The minimum absolute atomic E-state index is 0.182. The van der Waals surface area contributed by atoms with Gasteiger partial charge in [0.1, 0.15) is 22.6 Å². The zero-order valence-electron chi connectivity index (χ0n) is 9.61. The fourth-order valence-electron chi connectivity index (χ4n) is 1.27. The summed E-state index contributed by atoms with van der Waals surface area (Å²) < 4.78 is 46.3. The molecule has 0 aromatic heterocycles. The Balaban J connectivity index is 3.08. The lowest BCUT2D eigenvalue weighted by Crippen LogP contribution is -2.18. The maximum absolute atomic E-state index is 13.6. The second-order valence-electron chi connectivity index (χ2n) is 3.53. The zero-order valence-corrected chi connectivity index (χ0v) is 12.8. The van der Waals surface area contributed by atoms with Gasteiger partial charge in [0.15, 0.2) is 0 Å². The molecule has 102 valence electrons. The van der Waals surface area contributed by atoms with Gasteiger partial charge in [0.25, 0.3) is 9.05 Å². The topological polar surface area (TPSA) is 52.6 Å². The zero-order chi connectivity index (χ0) is 13.9. The highest BCUT2D eigenvalue weighted by Gasteiger charge is 2.20. The van der Waals surface area contributed by atoms with Crippen LogP contribution in [0.25, 0.3) is 0 Å². The molecular weight excluding hydrogens is 351 g/mol. The molecule has 0 aliphatic carbocycles. The summed E-state index contributed by atoms with van der Waals surface area (Å²) in [7, 11) is 2.48. The van der Waals surface area contributed by atoms with Gasteiger partial charge in [0.2, 0.25) is 0 Å². The molecule has 0 radical (unpaired) electrons. The Labute approximate surface area is 118 Å². The van der Waals surface area contributed by atoms with E-state index in [9.17, 15) is 12.8 Å². The quantitative estimate of drug-likeness (QED) is 0.757. The first-order valence-electron chi connectivity index (χ1n) is 4.85. The Morgan fingerprint density at radius 2 is 2.11 bits per heavy atom. The Morgan fingerprint density at radius 3 is 2.61 bits per heavy atom. The van der Waals surface area contributed by atoms with E-state index >= 15 is 0 Å². The molecule has 1 aromatic rings. The summed E-state index contributed by atoms with van der Waals surface area (Å²) in [6, 6.07) is 2.03. The summed E-state index contributed by atoms with van der Waals surface area (Å²) in [5.74, 6) is -0.783. The molecule has 0 saturated carbocycles. The molecule has 1 aromatic carbocycles. The van der Waals surface area contributed by atoms with Crippen LogP contribution < -0.4 is 4.74 Å². The van der Waals surface area contributed by atoms with Crippen LogP contribution in [0.1, 0.15) is 6.92 Å². The van der Waals surface area contributed by atoms with Gasteiger partial charge in [-0.1, -0.05) is 0 Å². The van der Waals surface area contributed by atoms with E-state index in [1.54, 1.807) is 6.92 Å². The Hall–Kier alpha value is -0.370. The van der Waals surface area contributed by atoms with Crippen LogP contribution in [0.3, 0.4) is 0 Å². The van der Waals surface area contributed by atoms with Gasteiger partial charge in [-0.3, -0.25) is 0 Å². The number of rotatable bonds is 5.